The number of benzene rings is 2. The minimum atomic E-state index is -1.21. The summed E-state index contributed by atoms with van der Waals surface area (Å²) < 4.78 is 5.55. The Morgan fingerprint density at radius 2 is 1.82 bits per heavy atom. The number of hydrogen-bond donors (Lipinski definition) is 3. The number of carboxylic acids is 1. The third-order valence-corrected chi connectivity index (χ3v) is 4.48. The summed E-state index contributed by atoms with van der Waals surface area (Å²) in [6.07, 6.45) is 2.00. The molecule has 0 saturated carbocycles. The number of carbonyl (C=O) groups excluding carboxylic acids is 1. The molecule has 0 bridgehead atoms. The fourth-order valence-electron chi connectivity index (χ4n) is 2.17. The van der Waals surface area contributed by atoms with Crippen LogP contribution in [0.2, 0.25) is 10.0 Å². The van der Waals surface area contributed by atoms with E-state index in [1.807, 2.05) is 0 Å². The molecule has 0 spiro atoms. The van der Waals surface area contributed by atoms with Gasteiger partial charge in [0.2, 0.25) is 0 Å². The first-order chi connectivity index (χ1) is 13.3. The number of unbranched alkanes of at least 4 members (excludes halogenated alkanes) is 1. The molecule has 0 atom stereocenters. The van der Waals surface area contributed by atoms with E-state index in [-0.39, 0.29) is 26.4 Å². The highest BCUT2D eigenvalue weighted by Crippen LogP contribution is 2.29. The molecule has 2 rings (SSSR count). The van der Waals surface area contributed by atoms with Crippen molar-refractivity contribution in [2.24, 2.45) is 0 Å². The van der Waals surface area contributed by atoms with E-state index in [2.05, 4.69) is 17.6 Å². The van der Waals surface area contributed by atoms with Crippen molar-refractivity contribution < 1.29 is 19.4 Å². The van der Waals surface area contributed by atoms with Crippen LogP contribution in [0.1, 0.15) is 40.5 Å². The van der Waals surface area contributed by atoms with Gasteiger partial charge in [0.05, 0.1) is 27.9 Å². The topological polar surface area (TPSA) is 87.7 Å². The number of hydrogen-bond acceptors (Lipinski definition) is 4. The van der Waals surface area contributed by atoms with E-state index in [0.29, 0.717) is 17.9 Å². The summed E-state index contributed by atoms with van der Waals surface area (Å²) in [6.45, 7) is 2.70. The molecule has 0 heterocycles. The fraction of sp³-hybridized carbons (Fsp3) is 0.211. The van der Waals surface area contributed by atoms with Crippen molar-refractivity contribution >= 4 is 58.1 Å². The molecule has 0 unspecified atom stereocenters. The number of ether oxygens (including phenoxy) is 1. The van der Waals surface area contributed by atoms with Crippen LogP contribution in [0.15, 0.2) is 36.4 Å². The molecule has 0 radical (unpaired) electrons. The molecule has 2 aromatic rings. The zero-order valence-corrected chi connectivity index (χ0v) is 17.2. The largest absolute Gasteiger partial charge is 0.494 e. The number of carbonyl (C=O) groups is 2. The highest BCUT2D eigenvalue weighted by molar-refractivity contribution is 7.80. The number of amides is 1. The normalized spacial score (nSPS) is 10.2. The zero-order valence-electron chi connectivity index (χ0n) is 14.9. The summed E-state index contributed by atoms with van der Waals surface area (Å²) >= 11 is 17.0. The molecule has 9 heteroatoms. The molecule has 2 aromatic carbocycles. The van der Waals surface area contributed by atoms with Crippen LogP contribution in [0.25, 0.3) is 0 Å². The Bertz CT molecular complexity index is 888. The molecule has 0 aliphatic carbocycles. The van der Waals surface area contributed by atoms with Crippen molar-refractivity contribution in [2.75, 3.05) is 11.9 Å². The standard InChI is InChI=1S/C19H18Cl2N2O4S/c1-2-3-8-27-12-6-4-11(5-7-12)17(24)23-19(28)22-16-9-13(18(25)26)14(20)10-15(16)21/h4-7,9-10H,2-3,8H2,1H3,(H,25,26)(H2,22,23,24,28). The summed E-state index contributed by atoms with van der Waals surface area (Å²) in [5.74, 6) is -0.957. The van der Waals surface area contributed by atoms with Gasteiger partial charge in [0, 0.05) is 5.56 Å². The van der Waals surface area contributed by atoms with Crippen LogP contribution in [-0.4, -0.2) is 28.7 Å². The summed E-state index contributed by atoms with van der Waals surface area (Å²) in [6, 6.07) is 9.19. The number of rotatable bonds is 7. The maximum Gasteiger partial charge on any atom is 0.337 e. The molecule has 0 saturated heterocycles. The third-order valence-electron chi connectivity index (χ3n) is 3.65. The van der Waals surface area contributed by atoms with Crippen molar-refractivity contribution in [3.8, 4) is 5.75 Å². The van der Waals surface area contributed by atoms with E-state index in [9.17, 15) is 9.59 Å². The highest BCUT2D eigenvalue weighted by Gasteiger charge is 2.15. The molecule has 0 aromatic heterocycles. The van der Waals surface area contributed by atoms with E-state index >= 15 is 0 Å². The molecule has 1 amide bonds. The Morgan fingerprint density at radius 1 is 1.14 bits per heavy atom. The van der Waals surface area contributed by atoms with Crippen molar-refractivity contribution in [1.29, 1.82) is 0 Å². The van der Waals surface area contributed by atoms with Gasteiger partial charge in [-0.2, -0.15) is 0 Å². The van der Waals surface area contributed by atoms with Gasteiger partial charge in [0.15, 0.2) is 5.11 Å². The predicted molar refractivity (Wildman–Crippen MR) is 114 cm³/mol. The lowest BCUT2D eigenvalue weighted by molar-refractivity contribution is 0.0697. The smallest absolute Gasteiger partial charge is 0.337 e. The van der Waals surface area contributed by atoms with Gasteiger partial charge in [-0.1, -0.05) is 36.5 Å². The lowest BCUT2D eigenvalue weighted by Crippen LogP contribution is -2.34. The van der Waals surface area contributed by atoms with Gasteiger partial charge < -0.3 is 15.2 Å². The summed E-state index contributed by atoms with van der Waals surface area (Å²) in [7, 11) is 0. The Morgan fingerprint density at radius 3 is 2.43 bits per heavy atom. The van der Waals surface area contributed by atoms with Crippen LogP contribution in [0.4, 0.5) is 5.69 Å². The molecule has 3 N–H and O–H groups in total. The Balaban J connectivity index is 2.00. The molecular formula is C19H18Cl2N2O4S. The van der Waals surface area contributed by atoms with E-state index in [0.717, 1.165) is 12.8 Å². The van der Waals surface area contributed by atoms with E-state index in [1.165, 1.54) is 12.1 Å². The van der Waals surface area contributed by atoms with Gasteiger partial charge in [0.1, 0.15) is 5.75 Å². The Kier molecular flexibility index (Phi) is 8.04. The molecular weight excluding hydrogens is 423 g/mol. The summed E-state index contributed by atoms with van der Waals surface area (Å²) in [4.78, 5) is 23.5. The number of halogens is 2. The average molecular weight is 441 g/mol. The molecule has 0 aliphatic heterocycles. The molecule has 28 heavy (non-hydrogen) atoms. The Hall–Kier alpha value is -2.35. The number of anilines is 1. The maximum atomic E-state index is 12.3. The number of nitrogens with one attached hydrogen (secondary N) is 2. The van der Waals surface area contributed by atoms with Crippen LogP contribution in [0, 0.1) is 0 Å². The van der Waals surface area contributed by atoms with E-state index in [1.54, 1.807) is 24.3 Å². The van der Waals surface area contributed by atoms with Crippen LogP contribution >= 0.6 is 35.4 Å². The van der Waals surface area contributed by atoms with Gasteiger partial charge in [0.25, 0.3) is 5.91 Å². The molecule has 0 fully saturated rings. The van der Waals surface area contributed by atoms with Crippen molar-refractivity contribution in [3.63, 3.8) is 0 Å². The van der Waals surface area contributed by atoms with Crippen LogP contribution in [0.3, 0.4) is 0 Å². The van der Waals surface area contributed by atoms with E-state index in [4.69, 9.17) is 45.3 Å². The second-order valence-corrected chi connectivity index (χ2v) is 6.97. The molecule has 6 nitrogen and oxygen atoms in total. The lowest BCUT2D eigenvalue weighted by atomic mass is 10.2. The average Bonchev–Trinajstić information content (AvgIpc) is 2.64. The van der Waals surface area contributed by atoms with Crippen molar-refractivity contribution in [2.45, 2.75) is 19.8 Å². The highest BCUT2D eigenvalue weighted by atomic mass is 35.5. The minimum absolute atomic E-state index is 0.000695. The first-order valence-electron chi connectivity index (χ1n) is 8.39. The molecule has 148 valence electrons. The number of thiocarbonyl (C=S) groups is 1. The van der Waals surface area contributed by atoms with Crippen molar-refractivity contribution in [1.82, 2.24) is 5.32 Å². The maximum absolute atomic E-state index is 12.3. The second kappa shape index (κ2) is 10.3. The fourth-order valence-corrected chi connectivity index (χ4v) is 2.89. The second-order valence-electron chi connectivity index (χ2n) is 5.75. The van der Waals surface area contributed by atoms with Crippen molar-refractivity contribution in [3.05, 3.63) is 57.6 Å². The minimum Gasteiger partial charge on any atom is -0.494 e. The van der Waals surface area contributed by atoms with Gasteiger partial charge in [-0.15, -0.1) is 0 Å². The lowest BCUT2D eigenvalue weighted by Gasteiger charge is -2.12. The van der Waals surface area contributed by atoms with Crippen LogP contribution in [-0.2, 0) is 0 Å². The Labute approximate surface area is 177 Å². The monoisotopic (exact) mass is 440 g/mol. The zero-order chi connectivity index (χ0) is 20.7. The van der Waals surface area contributed by atoms with Crippen LogP contribution < -0.4 is 15.4 Å². The van der Waals surface area contributed by atoms with Crippen LogP contribution in [0.5, 0.6) is 5.75 Å². The van der Waals surface area contributed by atoms with Gasteiger partial charge in [-0.25, -0.2) is 4.79 Å². The van der Waals surface area contributed by atoms with Gasteiger partial charge in [-0.3, -0.25) is 10.1 Å². The van der Waals surface area contributed by atoms with Gasteiger partial charge >= 0.3 is 5.97 Å². The van der Waals surface area contributed by atoms with Gasteiger partial charge in [-0.05, 0) is 55.0 Å². The number of aromatic carboxylic acids is 1. The predicted octanol–water partition coefficient (Wildman–Crippen LogP) is 5.00. The number of carboxylic acid groups (broad SMARTS) is 1. The molecule has 0 aliphatic rings. The van der Waals surface area contributed by atoms with E-state index < -0.39 is 11.9 Å². The third kappa shape index (κ3) is 6.09. The summed E-state index contributed by atoms with van der Waals surface area (Å²) in [5, 5.41) is 14.5. The SMILES string of the molecule is CCCCOc1ccc(C(=O)NC(=S)Nc2cc(C(=O)O)c(Cl)cc2Cl)cc1. The summed E-state index contributed by atoms with van der Waals surface area (Å²) in [5.41, 5.74) is 0.468. The first-order valence-corrected chi connectivity index (χ1v) is 9.55. The quantitative estimate of drug-likeness (QED) is 0.414. The first kappa shape index (κ1) is 21.9.